The number of halogens is 2. The largest absolute Gasteiger partial charge is 0.494 e. The SMILES string of the molecule is CCOc1cc(OCC)cc(-n2cc(C(=O)N(CC)c3cc(F)cc(F)c3)c(=O)c3ccc(OCCCCCCCC[N+]4(C)CCCCC4)cc32)c1. The molecule has 1 fully saturated rings. The summed E-state index contributed by atoms with van der Waals surface area (Å²) in [6.07, 6.45) is 12.6. The molecule has 1 aliphatic rings. The monoisotopic (exact) mass is 718 g/mol. The van der Waals surface area contributed by atoms with Gasteiger partial charge in [0, 0.05) is 54.1 Å². The molecule has 0 saturated carbocycles. The second-order valence-electron chi connectivity index (χ2n) is 13.9. The molecule has 1 saturated heterocycles. The molecule has 1 aliphatic heterocycles. The highest BCUT2D eigenvalue weighted by atomic mass is 19.1. The van der Waals surface area contributed by atoms with Crippen LogP contribution in [0.2, 0.25) is 0 Å². The number of rotatable bonds is 18. The van der Waals surface area contributed by atoms with Gasteiger partial charge in [-0.1, -0.05) is 19.3 Å². The molecule has 1 aromatic heterocycles. The summed E-state index contributed by atoms with van der Waals surface area (Å²) < 4.78 is 49.2. The fourth-order valence-electron chi connectivity index (χ4n) is 7.23. The quantitative estimate of drug-likeness (QED) is 0.0759. The molecule has 280 valence electrons. The number of piperidine rings is 1. The maximum Gasteiger partial charge on any atom is 0.263 e. The molecule has 3 aromatic carbocycles. The Bertz CT molecular complexity index is 1830. The van der Waals surface area contributed by atoms with Gasteiger partial charge in [0.2, 0.25) is 5.43 Å². The second-order valence-corrected chi connectivity index (χ2v) is 13.9. The van der Waals surface area contributed by atoms with Gasteiger partial charge in [-0.2, -0.15) is 0 Å². The van der Waals surface area contributed by atoms with Crippen LogP contribution >= 0.6 is 0 Å². The van der Waals surface area contributed by atoms with E-state index in [-0.39, 0.29) is 17.8 Å². The number of amides is 1. The number of unbranched alkanes of at least 4 members (excludes halogenated alkanes) is 5. The Labute approximate surface area is 306 Å². The van der Waals surface area contributed by atoms with Crippen molar-refractivity contribution in [3.05, 3.63) is 88.2 Å². The van der Waals surface area contributed by atoms with E-state index in [1.165, 1.54) is 80.2 Å². The van der Waals surface area contributed by atoms with Crippen LogP contribution in [0.1, 0.15) is 88.9 Å². The first kappa shape index (κ1) is 38.8. The molecular weight excluding hydrogens is 664 g/mol. The molecule has 10 heteroatoms. The predicted octanol–water partition coefficient (Wildman–Crippen LogP) is 9.08. The first-order valence-corrected chi connectivity index (χ1v) is 19.0. The van der Waals surface area contributed by atoms with E-state index in [2.05, 4.69) is 7.05 Å². The molecule has 2 heterocycles. The van der Waals surface area contributed by atoms with Crippen molar-refractivity contribution in [3.63, 3.8) is 0 Å². The summed E-state index contributed by atoms with van der Waals surface area (Å²) in [7, 11) is 2.41. The molecule has 0 atom stereocenters. The molecular formula is C42H54F2N3O5+. The maximum absolute atomic E-state index is 14.2. The lowest BCUT2D eigenvalue weighted by molar-refractivity contribution is -0.914. The minimum atomic E-state index is -0.820. The topological polar surface area (TPSA) is 70.0 Å². The van der Waals surface area contributed by atoms with Gasteiger partial charge in [0.15, 0.2) is 0 Å². The summed E-state index contributed by atoms with van der Waals surface area (Å²) in [6, 6.07) is 13.5. The van der Waals surface area contributed by atoms with Crippen molar-refractivity contribution in [2.75, 3.05) is 57.9 Å². The van der Waals surface area contributed by atoms with Gasteiger partial charge in [0.05, 0.1) is 57.7 Å². The molecule has 0 unspecified atom stereocenters. The number of carbonyl (C=O) groups is 1. The van der Waals surface area contributed by atoms with Crippen LogP contribution in [-0.2, 0) is 0 Å². The van der Waals surface area contributed by atoms with Crippen molar-refractivity contribution in [1.29, 1.82) is 0 Å². The van der Waals surface area contributed by atoms with Crippen LogP contribution in [0.15, 0.2) is 65.6 Å². The molecule has 5 rings (SSSR count). The number of benzene rings is 3. The zero-order chi connectivity index (χ0) is 37.1. The Morgan fingerprint density at radius 1 is 0.769 bits per heavy atom. The zero-order valence-electron chi connectivity index (χ0n) is 31.2. The van der Waals surface area contributed by atoms with Gasteiger partial charge in [-0.05, 0) is 83.6 Å². The molecule has 1 amide bonds. The van der Waals surface area contributed by atoms with E-state index in [1.54, 1.807) is 29.7 Å². The summed E-state index contributed by atoms with van der Waals surface area (Å²) in [5.74, 6) is -0.595. The van der Waals surface area contributed by atoms with Gasteiger partial charge in [-0.15, -0.1) is 0 Å². The third kappa shape index (κ3) is 9.91. The normalized spacial score (nSPS) is 14.0. The average Bonchev–Trinajstić information content (AvgIpc) is 3.11. The number of ether oxygens (including phenoxy) is 3. The smallest absolute Gasteiger partial charge is 0.263 e. The van der Waals surface area contributed by atoms with E-state index in [0.29, 0.717) is 53.7 Å². The Morgan fingerprint density at radius 3 is 2.04 bits per heavy atom. The third-order valence-electron chi connectivity index (χ3n) is 9.95. The van der Waals surface area contributed by atoms with Gasteiger partial charge in [-0.3, -0.25) is 9.59 Å². The summed E-state index contributed by atoms with van der Waals surface area (Å²) in [5, 5.41) is 0.292. The first-order chi connectivity index (χ1) is 25.1. The van der Waals surface area contributed by atoms with E-state index in [4.69, 9.17) is 14.2 Å². The number of nitrogens with zero attached hydrogens (tertiary/aromatic N) is 3. The summed E-state index contributed by atoms with van der Waals surface area (Å²) >= 11 is 0. The van der Waals surface area contributed by atoms with Gasteiger partial charge in [0.1, 0.15) is 34.4 Å². The number of hydrogen-bond acceptors (Lipinski definition) is 5. The number of anilines is 1. The van der Waals surface area contributed by atoms with Crippen LogP contribution in [0.5, 0.6) is 17.2 Å². The highest BCUT2D eigenvalue weighted by Crippen LogP contribution is 2.30. The fourth-order valence-corrected chi connectivity index (χ4v) is 7.23. The van der Waals surface area contributed by atoms with Crippen LogP contribution in [0.25, 0.3) is 16.6 Å². The minimum Gasteiger partial charge on any atom is -0.494 e. The van der Waals surface area contributed by atoms with E-state index in [9.17, 15) is 18.4 Å². The highest BCUT2D eigenvalue weighted by molar-refractivity contribution is 6.07. The van der Waals surface area contributed by atoms with Crippen molar-refractivity contribution < 1.29 is 32.3 Å². The van der Waals surface area contributed by atoms with Crippen LogP contribution in [-0.4, -0.2) is 68.0 Å². The number of hydrogen-bond donors (Lipinski definition) is 0. The minimum absolute atomic E-state index is 0.0183. The van der Waals surface area contributed by atoms with E-state index < -0.39 is 23.0 Å². The van der Waals surface area contributed by atoms with Gasteiger partial charge in [0.25, 0.3) is 5.91 Å². The van der Waals surface area contributed by atoms with Crippen LogP contribution in [0, 0.1) is 11.6 Å². The lowest BCUT2D eigenvalue weighted by Crippen LogP contribution is -2.48. The van der Waals surface area contributed by atoms with Crippen molar-refractivity contribution in [2.45, 2.75) is 78.6 Å². The number of aromatic nitrogens is 1. The lowest BCUT2D eigenvalue weighted by Gasteiger charge is -2.37. The molecule has 8 nitrogen and oxygen atoms in total. The third-order valence-corrected chi connectivity index (χ3v) is 9.95. The number of carbonyl (C=O) groups excluding carboxylic acids is 1. The average molecular weight is 719 g/mol. The van der Waals surface area contributed by atoms with Crippen LogP contribution in [0.4, 0.5) is 14.5 Å². The van der Waals surface area contributed by atoms with E-state index >= 15 is 0 Å². The van der Waals surface area contributed by atoms with Gasteiger partial charge in [-0.25, -0.2) is 8.78 Å². The summed E-state index contributed by atoms with van der Waals surface area (Å²) in [6.45, 7) is 10.9. The summed E-state index contributed by atoms with van der Waals surface area (Å²) in [5.41, 5.74) is 0.492. The molecule has 0 N–H and O–H groups in total. The van der Waals surface area contributed by atoms with E-state index in [1.807, 2.05) is 32.0 Å². The standard InChI is InChI=1S/C42H54F2N3O5/c1-5-45(33-24-31(43)23-32(44)25-33)42(49)39-30-46(34-26-36(50-6-2)28-37(27-34)51-7-3)40-29-35(17-18-38(40)41(39)48)52-22-16-11-9-8-10-13-19-47(4)20-14-12-15-21-47/h17-18,23-30H,5-16,19-22H2,1-4H3/q+1. The van der Waals surface area contributed by atoms with Crippen molar-refractivity contribution >= 4 is 22.5 Å². The summed E-state index contributed by atoms with van der Waals surface area (Å²) in [4.78, 5) is 29.2. The van der Waals surface area contributed by atoms with Crippen molar-refractivity contribution in [3.8, 4) is 22.9 Å². The van der Waals surface area contributed by atoms with Gasteiger partial charge >= 0.3 is 0 Å². The molecule has 4 aromatic rings. The predicted molar refractivity (Wildman–Crippen MR) is 203 cm³/mol. The van der Waals surface area contributed by atoms with Gasteiger partial charge < -0.3 is 28.2 Å². The van der Waals surface area contributed by atoms with Crippen molar-refractivity contribution in [2.24, 2.45) is 0 Å². The second kappa shape index (κ2) is 18.4. The first-order valence-electron chi connectivity index (χ1n) is 19.0. The molecule has 0 radical (unpaired) electrons. The number of fused-ring (bicyclic) bond motifs is 1. The number of pyridine rings is 1. The Hall–Kier alpha value is -4.44. The molecule has 52 heavy (non-hydrogen) atoms. The van der Waals surface area contributed by atoms with Crippen LogP contribution < -0.4 is 24.5 Å². The van der Waals surface area contributed by atoms with Crippen LogP contribution in [0.3, 0.4) is 0 Å². The maximum atomic E-state index is 14.2. The number of likely N-dealkylation sites (tertiary alicyclic amines) is 1. The Kier molecular flexibility index (Phi) is 13.7. The lowest BCUT2D eigenvalue weighted by atomic mass is 10.1. The Morgan fingerprint density at radius 2 is 1.40 bits per heavy atom. The Balaban J connectivity index is 1.37. The van der Waals surface area contributed by atoms with Crippen molar-refractivity contribution in [1.82, 2.24) is 4.57 Å². The number of quaternary nitrogens is 1. The van der Waals surface area contributed by atoms with E-state index in [0.717, 1.165) is 31.0 Å². The molecule has 0 bridgehead atoms. The molecule has 0 aliphatic carbocycles. The highest BCUT2D eigenvalue weighted by Gasteiger charge is 2.25. The fraction of sp³-hybridized carbons (Fsp3) is 0.476. The molecule has 0 spiro atoms. The zero-order valence-corrected chi connectivity index (χ0v) is 31.2.